The smallest absolute Gasteiger partial charge is 0.261 e. The highest BCUT2D eigenvalue weighted by molar-refractivity contribution is 9.10. The standard InChI is InChI=1S/C19H16BrN3O2/c1-2-10-23(15-6-4-3-5-7-15)18(24)12-22-13-21-17-9-8-14(20)11-16(17)19(22)25/h2-9,11,13H,1,10,12H2. The number of fused-ring (bicyclic) bond motifs is 1. The van der Waals surface area contributed by atoms with Gasteiger partial charge in [-0.1, -0.05) is 40.2 Å². The first-order chi connectivity index (χ1) is 12.1. The molecule has 0 spiro atoms. The number of benzene rings is 2. The van der Waals surface area contributed by atoms with E-state index < -0.39 is 0 Å². The monoisotopic (exact) mass is 397 g/mol. The summed E-state index contributed by atoms with van der Waals surface area (Å²) in [4.78, 5) is 31.2. The molecule has 0 aliphatic rings. The minimum Gasteiger partial charge on any atom is -0.307 e. The van der Waals surface area contributed by atoms with Gasteiger partial charge in [-0.05, 0) is 30.3 Å². The van der Waals surface area contributed by atoms with Crippen molar-refractivity contribution in [2.24, 2.45) is 0 Å². The van der Waals surface area contributed by atoms with Gasteiger partial charge in [-0.2, -0.15) is 0 Å². The quantitative estimate of drug-likeness (QED) is 0.620. The first kappa shape index (κ1) is 17.1. The van der Waals surface area contributed by atoms with Crippen LogP contribution in [0.4, 0.5) is 5.69 Å². The molecule has 0 bridgehead atoms. The first-order valence-electron chi connectivity index (χ1n) is 7.71. The van der Waals surface area contributed by atoms with E-state index >= 15 is 0 Å². The average Bonchev–Trinajstić information content (AvgIpc) is 2.63. The predicted molar refractivity (Wildman–Crippen MR) is 103 cm³/mol. The molecule has 0 saturated heterocycles. The lowest BCUT2D eigenvalue weighted by molar-refractivity contribution is -0.119. The maximum Gasteiger partial charge on any atom is 0.261 e. The fraction of sp³-hybridized carbons (Fsp3) is 0.105. The molecule has 0 aliphatic heterocycles. The number of hydrogen-bond donors (Lipinski definition) is 0. The highest BCUT2D eigenvalue weighted by Gasteiger charge is 2.16. The van der Waals surface area contributed by atoms with Crippen LogP contribution in [0, 0.1) is 0 Å². The molecule has 6 heteroatoms. The molecule has 0 unspecified atom stereocenters. The number of aromatic nitrogens is 2. The number of carbonyl (C=O) groups is 1. The summed E-state index contributed by atoms with van der Waals surface area (Å²) >= 11 is 3.35. The molecule has 2 aromatic carbocycles. The van der Waals surface area contributed by atoms with Crippen molar-refractivity contribution < 1.29 is 4.79 Å². The Kier molecular flexibility index (Phi) is 5.09. The molecule has 0 radical (unpaired) electrons. The molecule has 1 aromatic heterocycles. The minimum atomic E-state index is -0.244. The van der Waals surface area contributed by atoms with Crippen LogP contribution in [0.3, 0.4) is 0 Å². The molecule has 126 valence electrons. The summed E-state index contributed by atoms with van der Waals surface area (Å²) < 4.78 is 2.12. The molecule has 25 heavy (non-hydrogen) atoms. The van der Waals surface area contributed by atoms with Gasteiger partial charge in [0.05, 0.1) is 17.2 Å². The molecule has 0 aliphatic carbocycles. The second kappa shape index (κ2) is 7.44. The van der Waals surface area contributed by atoms with Crippen molar-refractivity contribution in [3.05, 3.63) is 82.3 Å². The summed E-state index contributed by atoms with van der Waals surface area (Å²) in [6.07, 6.45) is 3.07. The number of carbonyl (C=O) groups excluding carboxylic acids is 1. The molecule has 3 aromatic rings. The van der Waals surface area contributed by atoms with Crippen molar-refractivity contribution >= 4 is 38.4 Å². The molecule has 0 fully saturated rings. The molecule has 1 heterocycles. The van der Waals surface area contributed by atoms with Crippen molar-refractivity contribution in [3.8, 4) is 0 Å². The number of amides is 1. The molecule has 0 saturated carbocycles. The van der Waals surface area contributed by atoms with Crippen LogP contribution in [0.25, 0.3) is 10.9 Å². The van der Waals surface area contributed by atoms with E-state index in [2.05, 4.69) is 27.5 Å². The van der Waals surface area contributed by atoms with E-state index in [1.807, 2.05) is 36.4 Å². The maximum atomic E-state index is 12.7. The highest BCUT2D eigenvalue weighted by atomic mass is 79.9. The van der Waals surface area contributed by atoms with Crippen LogP contribution in [0.1, 0.15) is 0 Å². The summed E-state index contributed by atoms with van der Waals surface area (Å²) in [5.41, 5.74) is 1.12. The van der Waals surface area contributed by atoms with Crippen LogP contribution in [-0.4, -0.2) is 22.0 Å². The summed E-state index contributed by atoms with van der Waals surface area (Å²) in [5, 5.41) is 0.472. The van der Waals surface area contributed by atoms with E-state index in [-0.39, 0.29) is 18.0 Å². The van der Waals surface area contributed by atoms with Crippen molar-refractivity contribution in [1.82, 2.24) is 9.55 Å². The number of para-hydroxylation sites is 1. The fourth-order valence-corrected chi connectivity index (χ4v) is 2.92. The lowest BCUT2D eigenvalue weighted by Gasteiger charge is -2.21. The molecule has 0 atom stereocenters. The van der Waals surface area contributed by atoms with Gasteiger partial charge in [0, 0.05) is 16.7 Å². The van der Waals surface area contributed by atoms with Crippen molar-refractivity contribution in [3.63, 3.8) is 0 Å². The number of anilines is 1. The zero-order chi connectivity index (χ0) is 17.8. The van der Waals surface area contributed by atoms with E-state index in [4.69, 9.17) is 0 Å². The fourth-order valence-electron chi connectivity index (χ4n) is 2.56. The van der Waals surface area contributed by atoms with Gasteiger partial charge >= 0.3 is 0 Å². The molecule has 5 nitrogen and oxygen atoms in total. The van der Waals surface area contributed by atoms with Crippen LogP contribution in [0.15, 0.2) is 76.8 Å². The van der Waals surface area contributed by atoms with Gasteiger partial charge in [-0.25, -0.2) is 4.98 Å². The SMILES string of the molecule is C=CCN(C(=O)Cn1cnc2ccc(Br)cc2c1=O)c1ccccc1. The Bertz CT molecular complexity index is 983. The zero-order valence-electron chi connectivity index (χ0n) is 13.4. The zero-order valence-corrected chi connectivity index (χ0v) is 15.0. The Morgan fingerprint density at radius 1 is 1.24 bits per heavy atom. The van der Waals surface area contributed by atoms with E-state index in [1.165, 1.54) is 10.9 Å². The number of rotatable bonds is 5. The molecular formula is C19H16BrN3O2. The predicted octanol–water partition coefficient (Wildman–Crippen LogP) is 3.38. The van der Waals surface area contributed by atoms with Gasteiger partial charge in [0.1, 0.15) is 6.54 Å². The van der Waals surface area contributed by atoms with Crippen LogP contribution in [-0.2, 0) is 11.3 Å². The van der Waals surface area contributed by atoms with Crippen LogP contribution >= 0.6 is 15.9 Å². The highest BCUT2D eigenvalue weighted by Crippen LogP contribution is 2.16. The number of halogens is 1. The summed E-state index contributed by atoms with van der Waals surface area (Å²) in [7, 11) is 0. The van der Waals surface area contributed by atoms with Crippen molar-refractivity contribution in [2.75, 3.05) is 11.4 Å². The van der Waals surface area contributed by atoms with Crippen LogP contribution in [0.2, 0.25) is 0 Å². The first-order valence-corrected chi connectivity index (χ1v) is 8.50. The van der Waals surface area contributed by atoms with E-state index in [0.717, 1.165) is 10.2 Å². The lowest BCUT2D eigenvalue weighted by atomic mass is 10.2. The second-order valence-electron chi connectivity index (χ2n) is 5.47. The second-order valence-corrected chi connectivity index (χ2v) is 6.38. The lowest BCUT2D eigenvalue weighted by Crippen LogP contribution is -2.36. The van der Waals surface area contributed by atoms with Gasteiger partial charge in [0.25, 0.3) is 5.56 Å². The molecule has 0 N–H and O–H groups in total. The van der Waals surface area contributed by atoms with Gasteiger partial charge in [0.15, 0.2) is 0 Å². The molecule has 1 amide bonds. The van der Waals surface area contributed by atoms with Gasteiger partial charge in [-0.15, -0.1) is 6.58 Å². The topological polar surface area (TPSA) is 55.2 Å². The maximum absolute atomic E-state index is 12.7. The van der Waals surface area contributed by atoms with E-state index in [1.54, 1.807) is 23.1 Å². The van der Waals surface area contributed by atoms with Gasteiger partial charge < -0.3 is 4.90 Å². The molecule has 3 rings (SSSR count). The minimum absolute atomic E-state index is 0.0863. The van der Waals surface area contributed by atoms with Crippen LogP contribution < -0.4 is 10.5 Å². The third kappa shape index (κ3) is 3.69. The number of nitrogens with zero attached hydrogens (tertiary/aromatic N) is 3. The Morgan fingerprint density at radius 3 is 2.72 bits per heavy atom. The van der Waals surface area contributed by atoms with E-state index in [0.29, 0.717) is 17.4 Å². The van der Waals surface area contributed by atoms with Crippen molar-refractivity contribution in [1.29, 1.82) is 0 Å². The Hall–Kier alpha value is -2.73. The van der Waals surface area contributed by atoms with Gasteiger partial charge in [-0.3, -0.25) is 14.2 Å². The van der Waals surface area contributed by atoms with Gasteiger partial charge in [0.2, 0.25) is 5.91 Å². The van der Waals surface area contributed by atoms with Crippen LogP contribution in [0.5, 0.6) is 0 Å². The van der Waals surface area contributed by atoms with E-state index in [9.17, 15) is 9.59 Å². The largest absolute Gasteiger partial charge is 0.307 e. The normalized spacial score (nSPS) is 10.6. The number of hydrogen-bond acceptors (Lipinski definition) is 3. The molecular weight excluding hydrogens is 382 g/mol. The average molecular weight is 398 g/mol. The third-order valence-electron chi connectivity index (χ3n) is 3.77. The Balaban J connectivity index is 1.94. The summed E-state index contributed by atoms with van der Waals surface area (Å²) in [6.45, 7) is 3.98. The summed E-state index contributed by atoms with van der Waals surface area (Å²) in [5.74, 6) is -0.204. The van der Waals surface area contributed by atoms with Crippen molar-refractivity contribution in [2.45, 2.75) is 6.54 Å². The summed E-state index contributed by atoms with van der Waals surface area (Å²) in [6, 6.07) is 14.6. The Labute approximate surface area is 153 Å². The third-order valence-corrected chi connectivity index (χ3v) is 4.27. The Morgan fingerprint density at radius 2 is 2.00 bits per heavy atom.